The van der Waals surface area contributed by atoms with Crippen molar-refractivity contribution in [3.63, 3.8) is 0 Å². The SMILES string of the molecule is NC(=O)C[C@@H](N)C(=O)c1ccccc1. The predicted molar refractivity (Wildman–Crippen MR) is 52.6 cm³/mol. The number of Topliss-reactive ketones (excluding diaryl/α,β-unsaturated/α-hetero) is 1. The zero-order valence-corrected chi connectivity index (χ0v) is 7.64. The first-order valence-electron chi connectivity index (χ1n) is 4.24. The van der Waals surface area contributed by atoms with Gasteiger partial charge in [-0.15, -0.1) is 0 Å². The van der Waals surface area contributed by atoms with Gasteiger partial charge < -0.3 is 11.5 Å². The Morgan fingerprint density at radius 1 is 1.21 bits per heavy atom. The van der Waals surface area contributed by atoms with Gasteiger partial charge in [0.15, 0.2) is 5.78 Å². The number of benzene rings is 1. The Bertz CT molecular complexity index is 335. The molecule has 0 aromatic heterocycles. The van der Waals surface area contributed by atoms with E-state index in [0.717, 1.165) is 0 Å². The summed E-state index contributed by atoms with van der Waals surface area (Å²) in [4.78, 5) is 22.1. The topological polar surface area (TPSA) is 86.2 Å². The number of hydrogen-bond acceptors (Lipinski definition) is 3. The molecular formula is C10H12N2O2. The van der Waals surface area contributed by atoms with Gasteiger partial charge in [-0.3, -0.25) is 9.59 Å². The van der Waals surface area contributed by atoms with Gasteiger partial charge in [0.1, 0.15) is 0 Å². The lowest BCUT2D eigenvalue weighted by Gasteiger charge is -2.07. The number of hydrogen-bond donors (Lipinski definition) is 2. The molecule has 0 aliphatic heterocycles. The van der Waals surface area contributed by atoms with Crippen LogP contribution in [0.4, 0.5) is 0 Å². The number of ketones is 1. The van der Waals surface area contributed by atoms with E-state index in [1.807, 2.05) is 0 Å². The van der Waals surface area contributed by atoms with Gasteiger partial charge in [0.05, 0.1) is 6.04 Å². The molecule has 0 saturated carbocycles. The Hall–Kier alpha value is -1.68. The molecule has 0 heterocycles. The second kappa shape index (κ2) is 4.53. The fraction of sp³-hybridized carbons (Fsp3) is 0.200. The van der Waals surface area contributed by atoms with E-state index in [1.54, 1.807) is 30.3 Å². The summed E-state index contributed by atoms with van der Waals surface area (Å²) >= 11 is 0. The highest BCUT2D eigenvalue weighted by Gasteiger charge is 2.16. The van der Waals surface area contributed by atoms with Gasteiger partial charge in [-0.1, -0.05) is 30.3 Å². The molecule has 0 aliphatic rings. The highest BCUT2D eigenvalue weighted by molar-refractivity contribution is 6.01. The Balaban J connectivity index is 2.71. The van der Waals surface area contributed by atoms with E-state index in [4.69, 9.17) is 11.5 Å². The molecule has 0 bridgehead atoms. The lowest BCUT2D eigenvalue weighted by Crippen LogP contribution is -2.35. The van der Waals surface area contributed by atoms with Crippen LogP contribution in [0, 0.1) is 0 Å². The number of carbonyl (C=O) groups is 2. The second-order valence-electron chi connectivity index (χ2n) is 3.01. The summed E-state index contributed by atoms with van der Waals surface area (Å²) in [5.74, 6) is -0.828. The summed E-state index contributed by atoms with van der Waals surface area (Å²) in [6, 6.07) is 7.76. The fourth-order valence-corrected chi connectivity index (χ4v) is 1.13. The monoisotopic (exact) mass is 192 g/mol. The van der Waals surface area contributed by atoms with Crippen LogP contribution in [0.2, 0.25) is 0 Å². The van der Waals surface area contributed by atoms with Crippen LogP contribution in [0.5, 0.6) is 0 Å². The van der Waals surface area contributed by atoms with Gasteiger partial charge in [-0.2, -0.15) is 0 Å². The van der Waals surface area contributed by atoms with Crippen molar-refractivity contribution in [2.45, 2.75) is 12.5 Å². The van der Waals surface area contributed by atoms with E-state index in [9.17, 15) is 9.59 Å². The van der Waals surface area contributed by atoms with Crippen molar-refractivity contribution in [1.82, 2.24) is 0 Å². The van der Waals surface area contributed by atoms with Crippen molar-refractivity contribution >= 4 is 11.7 Å². The number of nitrogens with two attached hydrogens (primary N) is 2. The first kappa shape index (κ1) is 10.4. The molecule has 4 heteroatoms. The van der Waals surface area contributed by atoms with E-state index >= 15 is 0 Å². The van der Waals surface area contributed by atoms with Crippen LogP contribution in [0.25, 0.3) is 0 Å². The maximum Gasteiger partial charge on any atom is 0.219 e. The molecule has 0 radical (unpaired) electrons. The zero-order chi connectivity index (χ0) is 10.6. The van der Waals surface area contributed by atoms with Crippen LogP contribution < -0.4 is 11.5 Å². The van der Waals surface area contributed by atoms with Gasteiger partial charge in [0, 0.05) is 12.0 Å². The first-order valence-corrected chi connectivity index (χ1v) is 4.24. The Morgan fingerprint density at radius 2 is 1.79 bits per heavy atom. The number of primary amides is 1. The van der Waals surface area contributed by atoms with Gasteiger partial charge >= 0.3 is 0 Å². The quantitative estimate of drug-likeness (QED) is 0.662. The molecule has 0 aliphatic carbocycles. The third kappa shape index (κ3) is 2.67. The highest BCUT2D eigenvalue weighted by atomic mass is 16.1. The molecular weight excluding hydrogens is 180 g/mol. The molecule has 14 heavy (non-hydrogen) atoms. The van der Waals surface area contributed by atoms with E-state index in [0.29, 0.717) is 5.56 Å². The lowest BCUT2D eigenvalue weighted by molar-refractivity contribution is -0.118. The Labute approximate surface area is 81.9 Å². The van der Waals surface area contributed by atoms with E-state index < -0.39 is 11.9 Å². The molecule has 1 aromatic rings. The average molecular weight is 192 g/mol. The van der Waals surface area contributed by atoms with Gasteiger partial charge in [-0.05, 0) is 0 Å². The first-order chi connectivity index (χ1) is 6.61. The van der Waals surface area contributed by atoms with Crippen LogP contribution in [-0.4, -0.2) is 17.7 Å². The lowest BCUT2D eigenvalue weighted by atomic mass is 10.0. The number of amides is 1. The van der Waals surface area contributed by atoms with Gasteiger partial charge in [-0.25, -0.2) is 0 Å². The summed E-state index contributed by atoms with van der Waals surface area (Å²) < 4.78 is 0. The number of rotatable bonds is 4. The molecule has 0 fully saturated rings. The fourth-order valence-electron chi connectivity index (χ4n) is 1.13. The maximum atomic E-state index is 11.5. The zero-order valence-electron chi connectivity index (χ0n) is 7.64. The minimum Gasteiger partial charge on any atom is -0.370 e. The van der Waals surface area contributed by atoms with Crippen molar-refractivity contribution in [3.8, 4) is 0 Å². The predicted octanol–water partition coefficient (Wildman–Crippen LogP) is 0.0720. The summed E-state index contributed by atoms with van der Waals surface area (Å²) in [5.41, 5.74) is 10.9. The molecule has 1 amide bonds. The minimum atomic E-state index is -0.838. The van der Waals surface area contributed by atoms with Crippen molar-refractivity contribution in [1.29, 1.82) is 0 Å². The van der Waals surface area contributed by atoms with Crippen molar-refractivity contribution in [2.75, 3.05) is 0 Å². The molecule has 4 N–H and O–H groups in total. The average Bonchev–Trinajstić information content (AvgIpc) is 2.17. The highest BCUT2D eigenvalue weighted by Crippen LogP contribution is 2.03. The van der Waals surface area contributed by atoms with E-state index in [1.165, 1.54) is 0 Å². The third-order valence-electron chi connectivity index (χ3n) is 1.82. The van der Waals surface area contributed by atoms with Gasteiger partial charge in [0.2, 0.25) is 5.91 Å². The number of carbonyl (C=O) groups excluding carboxylic acids is 2. The van der Waals surface area contributed by atoms with Crippen LogP contribution in [0.15, 0.2) is 30.3 Å². The standard InChI is InChI=1S/C10H12N2O2/c11-8(6-9(12)13)10(14)7-4-2-1-3-5-7/h1-5,8H,6,11H2,(H2,12,13)/t8-/m1/s1. The summed E-state index contributed by atoms with van der Waals surface area (Å²) in [6.45, 7) is 0. The van der Waals surface area contributed by atoms with Crippen LogP contribution in [0.1, 0.15) is 16.8 Å². The molecule has 0 saturated heterocycles. The second-order valence-corrected chi connectivity index (χ2v) is 3.01. The molecule has 0 spiro atoms. The Kier molecular flexibility index (Phi) is 3.36. The molecule has 1 aromatic carbocycles. The Morgan fingerprint density at radius 3 is 2.29 bits per heavy atom. The molecule has 4 nitrogen and oxygen atoms in total. The normalized spacial score (nSPS) is 12.1. The summed E-state index contributed by atoms with van der Waals surface area (Å²) in [6.07, 6.45) is -0.117. The largest absolute Gasteiger partial charge is 0.370 e. The molecule has 1 atom stereocenters. The van der Waals surface area contributed by atoms with Crippen molar-refractivity contribution in [2.24, 2.45) is 11.5 Å². The van der Waals surface area contributed by atoms with E-state index in [-0.39, 0.29) is 12.2 Å². The van der Waals surface area contributed by atoms with Crippen LogP contribution >= 0.6 is 0 Å². The smallest absolute Gasteiger partial charge is 0.219 e. The summed E-state index contributed by atoms with van der Waals surface area (Å²) in [7, 11) is 0. The molecule has 74 valence electrons. The van der Waals surface area contributed by atoms with Gasteiger partial charge in [0.25, 0.3) is 0 Å². The van der Waals surface area contributed by atoms with Crippen molar-refractivity contribution in [3.05, 3.63) is 35.9 Å². The summed E-state index contributed by atoms with van der Waals surface area (Å²) in [5, 5.41) is 0. The van der Waals surface area contributed by atoms with Crippen LogP contribution in [-0.2, 0) is 4.79 Å². The minimum absolute atomic E-state index is 0.117. The molecule has 0 unspecified atom stereocenters. The van der Waals surface area contributed by atoms with Crippen LogP contribution in [0.3, 0.4) is 0 Å². The van der Waals surface area contributed by atoms with Crippen molar-refractivity contribution < 1.29 is 9.59 Å². The maximum absolute atomic E-state index is 11.5. The van der Waals surface area contributed by atoms with E-state index in [2.05, 4.69) is 0 Å². The third-order valence-corrected chi connectivity index (χ3v) is 1.82. The molecule has 1 rings (SSSR count).